The molecule has 0 radical (unpaired) electrons. The van der Waals surface area contributed by atoms with Gasteiger partial charge in [0.05, 0.1) is 5.41 Å². The summed E-state index contributed by atoms with van der Waals surface area (Å²) in [5, 5.41) is 7.61. The fourth-order valence-electron chi connectivity index (χ4n) is 3.55. The number of halogens is 3. The quantitative estimate of drug-likeness (QED) is 0.841. The summed E-state index contributed by atoms with van der Waals surface area (Å²) in [4.78, 5) is 13.6. The van der Waals surface area contributed by atoms with Crippen molar-refractivity contribution in [2.24, 2.45) is 11.3 Å². The second-order valence-corrected chi connectivity index (χ2v) is 7.05. The molecule has 1 aromatic heterocycles. The van der Waals surface area contributed by atoms with Gasteiger partial charge in [-0.3, -0.25) is 4.79 Å². The summed E-state index contributed by atoms with van der Waals surface area (Å²) in [5.41, 5.74) is -1.89. The molecule has 5 nitrogen and oxygen atoms in total. The monoisotopic (exact) mass is 315 g/mol. The fraction of sp³-hybridized carbons (Fsp3) is 0.786. The van der Waals surface area contributed by atoms with Gasteiger partial charge in [-0.2, -0.15) is 13.2 Å². The van der Waals surface area contributed by atoms with Crippen LogP contribution in [0.25, 0.3) is 0 Å². The normalized spacial score (nSPS) is 32.5. The third kappa shape index (κ3) is 1.75. The van der Waals surface area contributed by atoms with Gasteiger partial charge in [0.1, 0.15) is 0 Å². The highest BCUT2D eigenvalue weighted by Crippen LogP contribution is 2.60. The Balaban J connectivity index is 1.54. The SMILES string of the molecule is CC1(c2nnc(C(=O)N3C[C@@H]4CC[C@]4(C(F)(F)F)C3)o2)CC1. The van der Waals surface area contributed by atoms with Crippen LogP contribution < -0.4 is 0 Å². The van der Waals surface area contributed by atoms with Crippen LogP contribution in [0.5, 0.6) is 0 Å². The smallest absolute Gasteiger partial charge is 0.396 e. The molecule has 3 fully saturated rings. The van der Waals surface area contributed by atoms with Crippen LogP contribution in [0.3, 0.4) is 0 Å². The molecule has 8 heteroatoms. The number of carbonyl (C=O) groups excluding carboxylic acids is 1. The van der Waals surface area contributed by atoms with E-state index >= 15 is 0 Å². The summed E-state index contributed by atoms with van der Waals surface area (Å²) in [6.07, 6.45) is -1.82. The number of carbonyl (C=O) groups is 1. The number of amides is 1. The molecule has 4 rings (SSSR count). The first kappa shape index (κ1) is 14.0. The predicted molar refractivity (Wildman–Crippen MR) is 68.0 cm³/mol. The second kappa shape index (κ2) is 4.02. The topological polar surface area (TPSA) is 59.2 Å². The largest absolute Gasteiger partial charge is 0.416 e. The van der Waals surface area contributed by atoms with E-state index < -0.39 is 23.4 Å². The highest BCUT2D eigenvalue weighted by atomic mass is 19.4. The van der Waals surface area contributed by atoms with E-state index in [9.17, 15) is 18.0 Å². The lowest BCUT2D eigenvalue weighted by Gasteiger charge is -2.44. The average Bonchev–Trinajstić information content (AvgIpc) is 2.88. The molecule has 2 aliphatic carbocycles. The molecule has 3 aliphatic rings. The molecule has 2 saturated carbocycles. The minimum atomic E-state index is -4.27. The lowest BCUT2D eigenvalue weighted by atomic mass is 9.61. The van der Waals surface area contributed by atoms with Gasteiger partial charge in [0.25, 0.3) is 0 Å². The van der Waals surface area contributed by atoms with Crippen molar-refractivity contribution in [2.75, 3.05) is 13.1 Å². The van der Waals surface area contributed by atoms with Crippen molar-refractivity contribution in [3.05, 3.63) is 11.8 Å². The average molecular weight is 315 g/mol. The molecule has 2 heterocycles. The zero-order valence-corrected chi connectivity index (χ0v) is 12.1. The zero-order chi connectivity index (χ0) is 15.8. The maximum Gasteiger partial charge on any atom is 0.396 e. The number of rotatable bonds is 2. The van der Waals surface area contributed by atoms with Crippen LogP contribution in [0.2, 0.25) is 0 Å². The van der Waals surface area contributed by atoms with Gasteiger partial charge in [-0.15, -0.1) is 10.2 Å². The van der Waals surface area contributed by atoms with Crippen LogP contribution in [-0.2, 0) is 5.41 Å². The summed E-state index contributed by atoms with van der Waals surface area (Å²) in [5.74, 6) is -0.869. The van der Waals surface area contributed by atoms with Crippen LogP contribution in [0.1, 0.15) is 49.2 Å². The lowest BCUT2D eigenvalue weighted by Crippen LogP contribution is -2.51. The maximum atomic E-state index is 13.3. The first-order chi connectivity index (χ1) is 10.3. The van der Waals surface area contributed by atoms with Gasteiger partial charge in [0.15, 0.2) is 0 Å². The van der Waals surface area contributed by atoms with Crippen molar-refractivity contribution >= 4 is 5.91 Å². The molecule has 0 spiro atoms. The number of aromatic nitrogens is 2. The van der Waals surface area contributed by atoms with Crippen molar-refractivity contribution in [3.63, 3.8) is 0 Å². The lowest BCUT2D eigenvalue weighted by molar-refractivity contribution is -0.259. The Kier molecular flexibility index (Phi) is 2.56. The number of likely N-dealkylation sites (tertiary alicyclic amines) is 1. The van der Waals surface area contributed by atoms with E-state index in [4.69, 9.17) is 4.42 Å². The van der Waals surface area contributed by atoms with Gasteiger partial charge in [0.2, 0.25) is 5.89 Å². The van der Waals surface area contributed by atoms with Gasteiger partial charge < -0.3 is 9.32 Å². The Hall–Kier alpha value is -1.60. The number of hydrogen-bond acceptors (Lipinski definition) is 4. The molecule has 22 heavy (non-hydrogen) atoms. The predicted octanol–water partition coefficient (Wildman–Crippen LogP) is 2.54. The summed E-state index contributed by atoms with van der Waals surface area (Å²) in [6.45, 7) is 1.78. The number of alkyl halides is 3. The number of nitrogens with zero attached hydrogens (tertiary/aromatic N) is 3. The number of hydrogen-bond donors (Lipinski definition) is 0. The Morgan fingerprint density at radius 2 is 2.05 bits per heavy atom. The summed E-state index contributed by atoms with van der Waals surface area (Å²) < 4.78 is 45.2. The van der Waals surface area contributed by atoms with Crippen molar-refractivity contribution in [3.8, 4) is 0 Å². The van der Waals surface area contributed by atoms with E-state index in [2.05, 4.69) is 10.2 Å². The van der Waals surface area contributed by atoms with Gasteiger partial charge in [-0.05, 0) is 31.6 Å². The summed E-state index contributed by atoms with van der Waals surface area (Å²) in [7, 11) is 0. The van der Waals surface area contributed by atoms with E-state index in [1.807, 2.05) is 6.92 Å². The minimum absolute atomic E-state index is 0.0953. The highest BCUT2D eigenvalue weighted by molar-refractivity contribution is 5.89. The van der Waals surface area contributed by atoms with Crippen molar-refractivity contribution in [1.29, 1.82) is 0 Å². The van der Waals surface area contributed by atoms with Gasteiger partial charge in [-0.25, -0.2) is 0 Å². The van der Waals surface area contributed by atoms with Crippen LogP contribution in [0, 0.1) is 11.3 Å². The summed E-state index contributed by atoms with van der Waals surface area (Å²) in [6, 6.07) is 0. The maximum absolute atomic E-state index is 13.3. The van der Waals surface area contributed by atoms with Crippen LogP contribution in [-0.4, -0.2) is 40.3 Å². The van der Waals surface area contributed by atoms with Crippen LogP contribution >= 0.6 is 0 Å². The van der Waals surface area contributed by atoms with Crippen molar-refractivity contribution in [2.45, 2.75) is 44.2 Å². The second-order valence-electron chi connectivity index (χ2n) is 7.05. The molecule has 0 N–H and O–H groups in total. The molecular formula is C14H16F3N3O2. The molecular weight excluding hydrogens is 299 g/mol. The Morgan fingerprint density at radius 1 is 1.32 bits per heavy atom. The number of fused-ring (bicyclic) bond motifs is 1. The molecule has 1 amide bonds. The highest BCUT2D eigenvalue weighted by Gasteiger charge is 2.68. The van der Waals surface area contributed by atoms with E-state index in [-0.39, 0.29) is 30.8 Å². The zero-order valence-electron chi connectivity index (χ0n) is 12.1. The molecule has 1 saturated heterocycles. The Labute approximate surface area is 124 Å². The van der Waals surface area contributed by atoms with Crippen LogP contribution in [0.4, 0.5) is 13.2 Å². The van der Waals surface area contributed by atoms with Crippen molar-refractivity contribution in [1.82, 2.24) is 15.1 Å². The Bertz CT molecular complexity index is 638. The van der Waals surface area contributed by atoms with Crippen LogP contribution in [0.15, 0.2) is 4.42 Å². The van der Waals surface area contributed by atoms with E-state index in [1.54, 1.807) is 0 Å². The molecule has 0 bridgehead atoms. The molecule has 0 unspecified atom stereocenters. The first-order valence-corrected chi connectivity index (χ1v) is 7.45. The molecule has 1 aromatic rings. The van der Waals surface area contributed by atoms with E-state index in [0.29, 0.717) is 12.3 Å². The molecule has 120 valence electrons. The minimum Gasteiger partial charge on any atom is -0.416 e. The standard InChI is InChI=1S/C14H16F3N3O2/c1-12(4-5-12)11-19-18-9(22-11)10(21)20-6-8-2-3-13(8,7-20)14(15,16)17/h8H,2-7H2,1H3/t8-,13-/m0/s1. The fourth-order valence-corrected chi connectivity index (χ4v) is 3.55. The molecule has 1 aliphatic heterocycles. The molecule has 0 aromatic carbocycles. The first-order valence-electron chi connectivity index (χ1n) is 7.45. The van der Waals surface area contributed by atoms with Gasteiger partial charge >= 0.3 is 18.0 Å². The van der Waals surface area contributed by atoms with E-state index in [0.717, 1.165) is 12.8 Å². The third-order valence-corrected chi connectivity index (χ3v) is 5.61. The summed E-state index contributed by atoms with van der Waals surface area (Å²) >= 11 is 0. The van der Waals surface area contributed by atoms with Gasteiger partial charge in [0, 0.05) is 18.5 Å². The van der Waals surface area contributed by atoms with E-state index in [1.165, 1.54) is 4.90 Å². The van der Waals surface area contributed by atoms with Gasteiger partial charge in [-0.1, -0.05) is 6.92 Å². The third-order valence-electron chi connectivity index (χ3n) is 5.61. The Morgan fingerprint density at radius 3 is 2.55 bits per heavy atom. The van der Waals surface area contributed by atoms with Crippen molar-refractivity contribution < 1.29 is 22.4 Å². The molecule has 2 atom stereocenters.